The van der Waals surface area contributed by atoms with E-state index < -0.39 is 0 Å². The number of benzene rings is 2. The van der Waals surface area contributed by atoms with Crippen LogP contribution >= 0.6 is 0 Å². The van der Waals surface area contributed by atoms with E-state index in [0.29, 0.717) is 24.4 Å². The minimum absolute atomic E-state index is 0.0809. The van der Waals surface area contributed by atoms with Gasteiger partial charge in [0, 0.05) is 12.1 Å². The van der Waals surface area contributed by atoms with E-state index in [1.165, 1.54) is 0 Å². The van der Waals surface area contributed by atoms with Crippen molar-refractivity contribution in [2.45, 2.75) is 25.4 Å². The molecule has 1 aliphatic carbocycles. The van der Waals surface area contributed by atoms with Crippen molar-refractivity contribution in [3.8, 4) is 11.1 Å². The second-order valence-electron chi connectivity index (χ2n) is 5.89. The number of aliphatic hydroxyl groups excluding tert-OH is 1. The van der Waals surface area contributed by atoms with Crippen LogP contribution < -0.4 is 5.32 Å². The summed E-state index contributed by atoms with van der Waals surface area (Å²) in [6.07, 6.45) is 2.62. The molecule has 0 heterocycles. The molecule has 2 N–H and O–H groups in total. The molecule has 1 fully saturated rings. The fraction of sp³-hybridized carbons (Fsp3) is 0.316. The molecule has 0 unspecified atom stereocenters. The topological polar surface area (TPSA) is 49.3 Å². The first kappa shape index (κ1) is 14.8. The van der Waals surface area contributed by atoms with Gasteiger partial charge in [-0.15, -0.1) is 0 Å². The Labute approximate surface area is 131 Å². The third-order valence-corrected chi connectivity index (χ3v) is 4.15. The van der Waals surface area contributed by atoms with Crippen molar-refractivity contribution in [2.24, 2.45) is 5.92 Å². The van der Waals surface area contributed by atoms with Crippen molar-refractivity contribution in [1.29, 1.82) is 0 Å². The number of hydrogen-bond donors (Lipinski definition) is 2. The minimum Gasteiger partial charge on any atom is -0.393 e. The predicted molar refractivity (Wildman–Crippen MR) is 87.6 cm³/mol. The molecule has 0 saturated heterocycles. The Morgan fingerprint density at radius 3 is 2.32 bits per heavy atom. The number of hydrogen-bond acceptors (Lipinski definition) is 2. The smallest absolute Gasteiger partial charge is 0.251 e. The molecule has 1 amide bonds. The fourth-order valence-corrected chi connectivity index (χ4v) is 2.60. The van der Waals surface area contributed by atoms with Crippen molar-refractivity contribution < 1.29 is 9.90 Å². The summed E-state index contributed by atoms with van der Waals surface area (Å²) in [5.74, 6) is 0.379. The fourth-order valence-electron chi connectivity index (χ4n) is 2.60. The highest BCUT2D eigenvalue weighted by Crippen LogP contribution is 2.33. The molecule has 3 rings (SSSR count). The molecule has 22 heavy (non-hydrogen) atoms. The number of aliphatic hydroxyl groups is 1. The molecule has 2 aromatic rings. The summed E-state index contributed by atoms with van der Waals surface area (Å²) in [5, 5.41) is 12.7. The van der Waals surface area contributed by atoms with Gasteiger partial charge in [-0.25, -0.2) is 0 Å². The van der Waals surface area contributed by atoms with Crippen molar-refractivity contribution in [2.75, 3.05) is 6.54 Å². The van der Waals surface area contributed by atoms with Crippen molar-refractivity contribution in [1.82, 2.24) is 5.32 Å². The van der Waals surface area contributed by atoms with Crippen LogP contribution in [0.5, 0.6) is 0 Å². The van der Waals surface area contributed by atoms with E-state index >= 15 is 0 Å². The molecule has 0 radical (unpaired) electrons. The molecule has 0 aliphatic heterocycles. The van der Waals surface area contributed by atoms with E-state index in [2.05, 4.69) is 5.32 Å². The maximum absolute atomic E-state index is 12.1. The van der Waals surface area contributed by atoms with Crippen LogP contribution in [0.2, 0.25) is 0 Å². The number of nitrogens with one attached hydrogen (secondary N) is 1. The molecule has 1 aliphatic rings. The third-order valence-electron chi connectivity index (χ3n) is 4.15. The van der Waals surface area contributed by atoms with Gasteiger partial charge in [-0.1, -0.05) is 42.5 Å². The molecule has 3 heteroatoms. The van der Waals surface area contributed by atoms with Gasteiger partial charge in [0.2, 0.25) is 0 Å². The van der Waals surface area contributed by atoms with Crippen LogP contribution in [-0.2, 0) is 0 Å². The molecule has 3 nitrogen and oxygen atoms in total. The average molecular weight is 295 g/mol. The number of amides is 1. The van der Waals surface area contributed by atoms with E-state index in [-0.39, 0.29) is 12.0 Å². The van der Waals surface area contributed by atoms with Gasteiger partial charge in [-0.3, -0.25) is 4.79 Å². The summed E-state index contributed by atoms with van der Waals surface area (Å²) in [7, 11) is 0. The van der Waals surface area contributed by atoms with Gasteiger partial charge in [0.15, 0.2) is 0 Å². The number of carbonyl (C=O) groups excluding carboxylic acids is 1. The SMILES string of the molecule is O=C(NCC[C@@H](O)C1CC1)c1ccc(-c2ccccc2)cc1. The molecule has 1 saturated carbocycles. The predicted octanol–water partition coefficient (Wildman–Crippen LogP) is 3.24. The van der Waals surface area contributed by atoms with Gasteiger partial charge in [0.25, 0.3) is 5.91 Å². The van der Waals surface area contributed by atoms with Gasteiger partial charge in [-0.05, 0) is 48.4 Å². The Balaban J connectivity index is 1.54. The Morgan fingerprint density at radius 2 is 1.68 bits per heavy atom. The van der Waals surface area contributed by atoms with Gasteiger partial charge in [0.05, 0.1) is 6.10 Å². The molecule has 114 valence electrons. The summed E-state index contributed by atoms with van der Waals surface area (Å²) in [6.45, 7) is 0.525. The highest BCUT2D eigenvalue weighted by Gasteiger charge is 2.29. The largest absolute Gasteiger partial charge is 0.393 e. The van der Waals surface area contributed by atoms with Gasteiger partial charge >= 0.3 is 0 Å². The quantitative estimate of drug-likeness (QED) is 0.859. The highest BCUT2D eigenvalue weighted by atomic mass is 16.3. The zero-order valence-corrected chi connectivity index (χ0v) is 12.5. The molecule has 2 aromatic carbocycles. The summed E-state index contributed by atoms with van der Waals surface area (Å²) in [6, 6.07) is 17.7. The Kier molecular flexibility index (Phi) is 4.54. The molecule has 0 spiro atoms. The lowest BCUT2D eigenvalue weighted by molar-refractivity contribution is 0.0937. The van der Waals surface area contributed by atoms with Crippen LogP contribution in [-0.4, -0.2) is 23.7 Å². The Morgan fingerprint density at radius 1 is 1.05 bits per heavy atom. The standard InChI is InChI=1S/C19H21NO2/c21-18(16-8-9-16)12-13-20-19(22)17-10-6-15(7-11-17)14-4-2-1-3-5-14/h1-7,10-11,16,18,21H,8-9,12-13H2,(H,20,22)/t18-/m1/s1. The van der Waals surface area contributed by atoms with E-state index in [1.54, 1.807) is 0 Å². The van der Waals surface area contributed by atoms with Crippen molar-refractivity contribution in [3.05, 3.63) is 60.2 Å². The van der Waals surface area contributed by atoms with Crippen molar-refractivity contribution in [3.63, 3.8) is 0 Å². The van der Waals surface area contributed by atoms with Crippen LogP contribution in [0.15, 0.2) is 54.6 Å². The van der Waals surface area contributed by atoms with Crippen LogP contribution in [0.1, 0.15) is 29.6 Å². The molecule has 1 atom stereocenters. The van der Waals surface area contributed by atoms with E-state index in [1.807, 2.05) is 54.6 Å². The van der Waals surface area contributed by atoms with E-state index in [9.17, 15) is 9.90 Å². The maximum atomic E-state index is 12.1. The van der Waals surface area contributed by atoms with E-state index in [0.717, 1.165) is 24.0 Å². The first-order valence-electron chi connectivity index (χ1n) is 7.86. The zero-order chi connectivity index (χ0) is 15.4. The van der Waals surface area contributed by atoms with Crippen LogP contribution in [0.25, 0.3) is 11.1 Å². The molecular formula is C19H21NO2. The lowest BCUT2D eigenvalue weighted by atomic mass is 10.0. The monoisotopic (exact) mass is 295 g/mol. The molecular weight excluding hydrogens is 274 g/mol. The summed E-state index contributed by atoms with van der Waals surface area (Å²) in [4.78, 5) is 12.1. The second-order valence-corrected chi connectivity index (χ2v) is 5.89. The number of carbonyl (C=O) groups is 1. The molecule has 0 aromatic heterocycles. The van der Waals surface area contributed by atoms with Crippen LogP contribution in [0.3, 0.4) is 0 Å². The normalized spacial score (nSPS) is 15.3. The zero-order valence-electron chi connectivity index (χ0n) is 12.5. The average Bonchev–Trinajstić information content (AvgIpc) is 3.40. The lowest BCUT2D eigenvalue weighted by Gasteiger charge is -2.10. The van der Waals surface area contributed by atoms with Gasteiger partial charge < -0.3 is 10.4 Å². The number of rotatable bonds is 6. The minimum atomic E-state index is -0.263. The Hall–Kier alpha value is -2.13. The summed E-state index contributed by atoms with van der Waals surface area (Å²) >= 11 is 0. The highest BCUT2D eigenvalue weighted by molar-refractivity contribution is 5.94. The van der Waals surface area contributed by atoms with E-state index in [4.69, 9.17) is 0 Å². The third kappa shape index (κ3) is 3.74. The van der Waals surface area contributed by atoms with Crippen LogP contribution in [0.4, 0.5) is 0 Å². The van der Waals surface area contributed by atoms with Crippen molar-refractivity contribution >= 4 is 5.91 Å². The first-order chi connectivity index (χ1) is 10.7. The van der Waals surface area contributed by atoms with Gasteiger partial charge in [0.1, 0.15) is 0 Å². The van der Waals surface area contributed by atoms with Crippen LogP contribution in [0, 0.1) is 5.92 Å². The summed E-state index contributed by atoms with van der Waals surface area (Å²) in [5.41, 5.74) is 2.89. The first-order valence-corrected chi connectivity index (χ1v) is 7.86. The lowest BCUT2D eigenvalue weighted by Crippen LogP contribution is -2.27. The Bertz CT molecular complexity index is 618. The van der Waals surface area contributed by atoms with Gasteiger partial charge in [-0.2, -0.15) is 0 Å². The second kappa shape index (κ2) is 6.75. The maximum Gasteiger partial charge on any atom is 0.251 e. The summed E-state index contributed by atoms with van der Waals surface area (Å²) < 4.78 is 0. The molecule has 0 bridgehead atoms.